The zero-order valence-corrected chi connectivity index (χ0v) is 38.3. The molecular formula is C38H45Cl3N11O6S4-. The van der Waals surface area contributed by atoms with Gasteiger partial charge in [0.25, 0.3) is 0 Å². The predicted octanol–water partition coefficient (Wildman–Crippen LogP) is 5.95. The second kappa shape index (κ2) is 22.2. The van der Waals surface area contributed by atoms with Gasteiger partial charge in [-0.05, 0) is 69.5 Å². The van der Waals surface area contributed by atoms with Crippen molar-refractivity contribution in [3.05, 3.63) is 49.2 Å². The molecule has 4 fully saturated rings. The SMILES string of the molecule is C.Clc1nc(N2CCOCC2)c2ccsc2n1.O=Cc1cc2c(N3CCOCC3)nc(Cl)nc2s1.O=S([O-])CN1CCN(Cc2cc3c(N4CCOCC4)nc(Cl)nc3s2)CC1. The van der Waals surface area contributed by atoms with E-state index in [0.717, 1.165) is 140 Å². The van der Waals surface area contributed by atoms with Gasteiger partial charge in [0.15, 0.2) is 6.29 Å². The van der Waals surface area contributed by atoms with Crippen molar-refractivity contribution in [1.82, 2.24) is 39.7 Å². The minimum atomic E-state index is -2.01. The molecular weight excluding hydrogens is 941 g/mol. The van der Waals surface area contributed by atoms with Crippen LogP contribution in [0.4, 0.5) is 17.5 Å². The number of aromatic nitrogens is 6. The summed E-state index contributed by atoms with van der Waals surface area (Å²) in [5.74, 6) is 2.73. The van der Waals surface area contributed by atoms with E-state index >= 15 is 0 Å². The lowest BCUT2D eigenvalue weighted by molar-refractivity contribution is 0.112. The summed E-state index contributed by atoms with van der Waals surface area (Å²) in [4.78, 5) is 52.0. The molecule has 0 bridgehead atoms. The Morgan fingerprint density at radius 1 is 0.629 bits per heavy atom. The Morgan fingerprint density at radius 3 is 1.58 bits per heavy atom. The molecule has 0 aliphatic carbocycles. The zero-order valence-electron chi connectivity index (χ0n) is 32.8. The van der Waals surface area contributed by atoms with Crippen molar-refractivity contribution in [2.75, 3.05) is 126 Å². The lowest BCUT2D eigenvalue weighted by Crippen LogP contribution is -2.46. The molecule has 10 rings (SSSR count). The first kappa shape index (κ1) is 46.9. The van der Waals surface area contributed by atoms with Crippen LogP contribution in [0.25, 0.3) is 30.6 Å². The highest BCUT2D eigenvalue weighted by atomic mass is 35.5. The lowest BCUT2D eigenvalue weighted by Gasteiger charge is -2.34. The molecule has 17 nitrogen and oxygen atoms in total. The van der Waals surface area contributed by atoms with Gasteiger partial charge in [-0.25, -0.2) is 15.0 Å². The molecule has 6 aromatic rings. The first-order valence-electron chi connectivity index (χ1n) is 19.5. The first-order valence-corrected chi connectivity index (χ1v) is 24.4. The van der Waals surface area contributed by atoms with Crippen molar-refractivity contribution in [3.63, 3.8) is 0 Å². The lowest BCUT2D eigenvalue weighted by atomic mass is 10.2. The monoisotopic (exact) mass is 984 g/mol. The number of hydrogen-bond donors (Lipinski definition) is 0. The van der Waals surface area contributed by atoms with Crippen molar-refractivity contribution in [1.29, 1.82) is 0 Å². The van der Waals surface area contributed by atoms with Crippen LogP contribution in [0.1, 0.15) is 22.0 Å². The fourth-order valence-corrected chi connectivity index (χ4v) is 11.1. The van der Waals surface area contributed by atoms with E-state index in [9.17, 15) is 13.6 Å². The summed E-state index contributed by atoms with van der Waals surface area (Å²) < 4.78 is 37.8. The summed E-state index contributed by atoms with van der Waals surface area (Å²) in [5.41, 5.74) is 0. The Morgan fingerprint density at radius 2 is 1.08 bits per heavy atom. The summed E-state index contributed by atoms with van der Waals surface area (Å²) in [6.07, 6.45) is 0.823. The summed E-state index contributed by atoms with van der Waals surface area (Å²) in [7, 11) is 0. The maximum Gasteiger partial charge on any atom is 0.225 e. The Kier molecular flexibility index (Phi) is 16.8. The Bertz CT molecular complexity index is 2450. The third kappa shape index (κ3) is 11.8. The molecule has 4 aliphatic heterocycles. The van der Waals surface area contributed by atoms with Gasteiger partial charge in [0.05, 0.1) is 66.6 Å². The molecule has 62 heavy (non-hydrogen) atoms. The number of fused-ring (bicyclic) bond motifs is 3. The minimum Gasteiger partial charge on any atom is -0.771 e. The molecule has 0 aromatic carbocycles. The fourth-order valence-electron chi connectivity index (χ4n) is 7.28. The third-order valence-corrected chi connectivity index (χ3v) is 14.1. The van der Waals surface area contributed by atoms with Crippen LogP contribution in [0.2, 0.25) is 15.9 Å². The van der Waals surface area contributed by atoms with E-state index < -0.39 is 11.1 Å². The van der Waals surface area contributed by atoms with E-state index in [1.54, 1.807) is 22.7 Å². The van der Waals surface area contributed by atoms with Gasteiger partial charge < -0.3 is 33.5 Å². The highest BCUT2D eigenvalue weighted by molar-refractivity contribution is 7.79. The molecule has 0 N–H and O–H groups in total. The van der Waals surface area contributed by atoms with Crippen LogP contribution in [0.5, 0.6) is 0 Å². The number of hydrogen-bond acceptors (Lipinski definition) is 20. The molecule has 0 amide bonds. The third-order valence-electron chi connectivity index (χ3n) is 10.2. The molecule has 0 radical (unpaired) electrons. The van der Waals surface area contributed by atoms with Crippen LogP contribution < -0.4 is 14.7 Å². The van der Waals surface area contributed by atoms with Gasteiger partial charge in [-0.1, -0.05) is 7.43 Å². The maximum absolute atomic E-state index is 10.8. The average molecular weight is 986 g/mol. The van der Waals surface area contributed by atoms with Crippen LogP contribution >= 0.6 is 68.8 Å². The average Bonchev–Trinajstić information content (AvgIpc) is 4.03. The van der Waals surface area contributed by atoms with Crippen molar-refractivity contribution in [2.24, 2.45) is 0 Å². The van der Waals surface area contributed by atoms with Gasteiger partial charge >= 0.3 is 0 Å². The number of nitrogens with zero attached hydrogens (tertiary/aromatic N) is 11. The van der Waals surface area contributed by atoms with Gasteiger partial charge in [0.2, 0.25) is 15.9 Å². The number of anilines is 3. The van der Waals surface area contributed by atoms with Gasteiger partial charge in [0, 0.05) is 76.9 Å². The van der Waals surface area contributed by atoms with Crippen molar-refractivity contribution < 1.29 is 27.8 Å². The van der Waals surface area contributed by atoms with Crippen LogP contribution in [-0.2, 0) is 31.8 Å². The van der Waals surface area contributed by atoms with E-state index in [1.807, 2.05) is 22.4 Å². The van der Waals surface area contributed by atoms with Crippen molar-refractivity contribution in [2.45, 2.75) is 14.0 Å². The van der Waals surface area contributed by atoms with E-state index in [-0.39, 0.29) is 23.9 Å². The van der Waals surface area contributed by atoms with Crippen LogP contribution in [0.3, 0.4) is 0 Å². The molecule has 24 heteroatoms. The summed E-state index contributed by atoms with van der Waals surface area (Å²) in [5, 5.41) is 5.82. The normalized spacial score (nSPS) is 18.2. The number of ether oxygens (including phenoxy) is 3. The second-order valence-electron chi connectivity index (χ2n) is 14.1. The second-order valence-corrected chi connectivity index (χ2v) is 19.1. The van der Waals surface area contributed by atoms with Crippen LogP contribution in [0, 0.1) is 0 Å². The molecule has 10 heterocycles. The standard InChI is InChI=1S/C16H22ClN5O3S2.C11H10ClN3O2S.C10H10ClN3OS.CH4/c17-16-18-14(22-5-7-25-8-6-22)13-9-12(26-15(13)19-16)10-20-1-3-21(4-2-20)11-27(23)24;12-11-13-9(15-1-3-17-4-2-15)8-5-7(6-16)18-10(8)14-11;11-10-12-8(14-2-4-15-5-3-14)7-1-6-16-9(7)13-10;/h9H,1-8,10-11H2,(H,23,24);5-6H,1-4H2;1,6H,2-5H2;1H4/p-1. The van der Waals surface area contributed by atoms with Crippen LogP contribution in [0.15, 0.2) is 23.6 Å². The molecule has 334 valence electrons. The molecule has 4 aliphatic rings. The molecule has 0 spiro atoms. The minimum absolute atomic E-state index is 0. The number of aldehydes is 1. The number of rotatable bonds is 8. The van der Waals surface area contributed by atoms with Gasteiger partial charge in [-0.3, -0.25) is 18.8 Å². The van der Waals surface area contributed by atoms with Crippen molar-refractivity contribution >= 4 is 134 Å². The Balaban J connectivity index is 0.000000145. The quantitative estimate of drug-likeness (QED) is 0.0992. The fraction of sp³-hybridized carbons (Fsp3) is 0.500. The molecule has 4 saturated heterocycles. The van der Waals surface area contributed by atoms with Gasteiger partial charge in [-0.15, -0.1) is 34.0 Å². The Hall–Kier alpha value is -3.03. The number of halogens is 3. The van der Waals surface area contributed by atoms with Crippen LogP contribution in [-0.4, -0.2) is 166 Å². The van der Waals surface area contributed by atoms with Crippen molar-refractivity contribution in [3.8, 4) is 0 Å². The van der Waals surface area contributed by atoms with Gasteiger partial charge in [-0.2, -0.15) is 15.0 Å². The highest BCUT2D eigenvalue weighted by Crippen LogP contribution is 2.34. The largest absolute Gasteiger partial charge is 0.771 e. The molecule has 6 aromatic heterocycles. The number of morpholine rings is 3. The maximum atomic E-state index is 10.8. The topological polar surface area (TPSA) is 178 Å². The van der Waals surface area contributed by atoms with E-state index in [0.29, 0.717) is 36.6 Å². The number of carbonyl (C=O) groups excluding carboxylic acids is 1. The number of piperazine rings is 1. The Labute approximate surface area is 388 Å². The van der Waals surface area contributed by atoms with Gasteiger partial charge in [0.1, 0.15) is 31.9 Å². The highest BCUT2D eigenvalue weighted by Gasteiger charge is 2.23. The smallest absolute Gasteiger partial charge is 0.225 e. The van der Waals surface area contributed by atoms with E-state index in [2.05, 4.69) is 55.6 Å². The van der Waals surface area contributed by atoms with E-state index in [4.69, 9.17) is 49.0 Å². The molecule has 0 saturated carbocycles. The number of carbonyl (C=O) groups is 1. The van der Waals surface area contributed by atoms with E-state index in [1.165, 1.54) is 16.2 Å². The zero-order chi connectivity index (χ0) is 42.3. The molecule has 1 unspecified atom stereocenters. The summed E-state index contributed by atoms with van der Waals surface area (Å²) >= 11 is 20.6. The summed E-state index contributed by atoms with van der Waals surface area (Å²) in [6, 6.07) is 6.02. The number of thiophene rings is 3. The summed E-state index contributed by atoms with van der Waals surface area (Å²) in [6.45, 7) is 13.2. The predicted molar refractivity (Wildman–Crippen MR) is 249 cm³/mol. The molecule has 1 atom stereocenters. The first-order chi connectivity index (χ1) is 29.7.